The van der Waals surface area contributed by atoms with Gasteiger partial charge in [0, 0.05) is 19.2 Å². The molecule has 4 heteroatoms. The number of aliphatic hydroxyl groups is 2. The Morgan fingerprint density at radius 2 is 1.83 bits per heavy atom. The van der Waals surface area contributed by atoms with Crippen LogP contribution in [-0.4, -0.2) is 36.6 Å². The molecule has 0 aromatic heterocycles. The highest BCUT2D eigenvalue weighted by Gasteiger charge is 2.08. The van der Waals surface area contributed by atoms with Crippen LogP contribution in [0.25, 0.3) is 0 Å². The van der Waals surface area contributed by atoms with E-state index in [9.17, 15) is 0 Å². The second kappa shape index (κ2) is 7.36. The lowest BCUT2D eigenvalue weighted by Gasteiger charge is -2.16. The molecule has 0 radical (unpaired) electrons. The van der Waals surface area contributed by atoms with Crippen LogP contribution in [0.5, 0.6) is 5.75 Å². The highest BCUT2D eigenvalue weighted by atomic mass is 16.5. The van der Waals surface area contributed by atoms with Crippen molar-refractivity contribution in [2.24, 2.45) is 0 Å². The first-order chi connectivity index (χ1) is 8.62. The largest absolute Gasteiger partial charge is 0.496 e. The van der Waals surface area contributed by atoms with Crippen molar-refractivity contribution in [1.82, 2.24) is 5.32 Å². The predicted molar refractivity (Wildman–Crippen MR) is 71.9 cm³/mol. The van der Waals surface area contributed by atoms with Crippen LogP contribution >= 0.6 is 0 Å². The van der Waals surface area contributed by atoms with Crippen LogP contribution in [0.15, 0.2) is 12.1 Å². The Balaban J connectivity index is 2.68. The molecule has 3 N–H and O–H groups in total. The van der Waals surface area contributed by atoms with E-state index in [0.29, 0.717) is 13.0 Å². The lowest BCUT2D eigenvalue weighted by Crippen LogP contribution is -2.32. The Morgan fingerprint density at radius 1 is 1.22 bits per heavy atom. The molecule has 0 saturated carbocycles. The fraction of sp³-hybridized carbons (Fsp3) is 0.571. The predicted octanol–water partition coefficient (Wildman–Crippen LogP) is 1.14. The molecule has 0 aliphatic heterocycles. The molecule has 1 aromatic rings. The summed E-state index contributed by atoms with van der Waals surface area (Å²) in [7, 11) is 1.68. The number of hydrogen-bond donors (Lipinski definition) is 3. The Morgan fingerprint density at radius 3 is 2.28 bits per heavy atom. The van der Waals surface area contributed by atoms with Gasteiger partial charge in [0.2, 0.25) is 0 Å². The Labute approximate surface area is 109 Å². The van der Waals surface area contributed by atoms with Gasteiger partial charge in [0.05, 0.1) is 13.7 Å². The maximum Gasteiger partial charge on any atom is 0.124 e. The smallest absolute Gasteiger partial charge is 0.124 e. The molecule has 0 bridgehead atoms. The third-order valence-corrected chi connectivity index (χ3v) is 3.02. The monoisotopic (exact) mass is 253 g/mol. The fourth-order valence-corrected chi connectivity index (χ4v) is 2.14. The van der Waals surface area contributed by atoms with Crippen LogP contribution in [0.2, 0.25) is 0 Å². The molecule has 1 atom stereocenters. The highest BCUT2D eigenvalue weighted by Crippen LogP contribution is 2.24. The highest BCUT2D eigenvalue weighted by molar-refractivity contribution is 5.43. The minimum Gasteiger partial charge on any atom is -0.496 e. The van der Waals surface area contributed by atoms with Crippen molar-refractivity contribution in [3.8, 4) is 5.75 Å². The van der Waals surface area contributed by atoms with E-state index in [0.717, 1.165) is 22.4 Å². The van der Waals surface area contributed by atoms with Gasteiger partial charge < -0.3 is 20.3 Å². The van der Waals surface area contributed by atoms with Crippen molar-refractivity contribution in [1.29, 1.82) is 0 Å². The van der Waals surface area contributed by atoms with Gasteiger partial charge in [-0.1, -0.05) is 12.1 Å². The summed E-state index contributed by atoms with van der Waals surface area (Å²) >= 11 is 0. The maximum absolute atomic E-state index is 9.13. The third-order valence-electron chi connectivity index (χ3n) is 3.02. The Hall–Kier alpha value is -1.10. The minimum atomic E-state index is -0.0577. The van der Waals surface area contributed by atoms with E-state index < -0.39 is 0 Å². The Bertz CT molecular complexity index is 356. The van der Waals surface area contributed by atoms with Crippen molar-refractivity contribution in [2.45, 2.75) is 32.9 Å². The molecule has 0 aliphatic rings. The maximum atomic E-state index is 9.13. The number of benzene rings is 1. The number of nitrogens with one attached hydrogen (secondary N) is 1. The molecular weight excluding hydrogens is 230 g/mol. The molecule has 0 fully saturated rings. The van der Waals surface area contributed by atoms with Crippen LogP contribution in [0.1, 0.15) is 23.1 Å². The van der Waals surface area contributed by atoms with Gasteiger partial charge in [-0.05, 0) is 37.0 Å². The average molecular weight is 253 g/mol. The Kier molecular flexibility index (Phi) is 6.12. The van der Waals surface area contributed by atoms with Gasteiger partial charge in [-0.25, -0.2) is 0 Å². The molecule has 1 aromatic carbocycles. The molecule has 0 heterocycles. The van der Waals surface area contributed by atoms with E-state index >= 15 is 0 Å². The van der Waals surface area contributed by atoms with Gasteiger partial charge in [0.1, 0.15) is 5.75 Å². The quantitative estimate of drug-likeness (QED) is 0.682. The average Bonchev–Trinajstić information content (AvgIpc) is 2.34. The van der Waals surface area contributed by atoms with Crippen molar-refractivity contribution in [2.75, 3.05) is 20.3 Å². The summed E-state index contributed by atoms with van der Waals surface area (Å²) in [6.07, 6.45) is 0.560. The van der Waals surface area contributed by atoms with E-state index in [-0.39, 0.29) is 19.3 Å². The summed E-state index contributed by atoms with van der Waals surface area (Å²) in [5, 5.41) is 21.2. The number of hydrogen-bond acceptors (Lipinski definition) is 4. The topological polar surface area (TPSA) is 61.7 Å². The van der Waals surface area contributed by atoms with Gasteiger partial charge in [-0.3, -0.25) is 0 Å². The van der Waals surface area contributed by atoms with Crippen molar-refractivity contribution >= 4 is 0 Å². The van der Waals surface area contributed by atoms with Gasteiger partial charge in [-0.2, -0.15) is 0 Å². The molecular formula is C14H23NO3. The van der Waals surface area contributed by atoms with Gasteiger partial charge in [0.25, 0.3) is 0 Å². The second-order valence-electron chi connectivity index (χ2n) is 4.54. The van der Waals surface area contributed by atoms with E-state index in [2.05, 4.69) is 17.4 Å². The van der Waals surface area contributed by atoms with E-state index in [1.807, 2.05) is 13.8 Å². The number of aliphatic hydroxyl groups excluding tert-OH is 2. The zero-order valence-electron chi connectivity index (χ0n) is 11.4. The standard InChI is InChI=1S/C14H23NO3/c1-10-6-12(7-11(2)14(10)18-3)8-15-13(9-17)4-5-16/h6-7,13,15-17H,4-5,8-9H2,1-3H3. The summed E-state index contributed by atoms with van der Waals surface area (Å²) in [5.41, 5.74) is 3.37. The van der Waals surface area contributed by atoms with Crippen LogP contribution in [-0.2, 0) is 6.54 Å². The van der Waals surface area contributed by atoms with Crippen LogP contribution in [0, 0.1) is 13.8 Å². The van der Waals surface area contributed by atoms with Gasteiger partial charge in [0.15, 0.2) is 0 Å². The molecule has 0 aliphatic carbocycles. The first kappa shape index (κ1) is 15.0. The molecule has 4 nitrogen and oxygen atoms in total. The normalized spacial score (nSPS) is 12.5. The lowest BCUT2D eigenvalue weighted by molar-refractivity contribution is 0.200. The molecule has 18 heavy (non-hydrogen) atoms. The fourth-order valence-electron chi connectivity index (χ4n) is 2.14. The molecule has 0 amide bonds. The summed E-state index contributed by atoms with van der Waals surface area (Å²) in [6, 6.07) is 4.09. The van der Waals surface area contributed by atoms with E-state index in [1.165, 1.54) is 0 Å². The third kappa shape index (κ3) is 3.98. The van der Waals surface area contributed by atoms with Crippen LogP contribution in [0.3, 0.4) is 0 Å². The summed E-state index contributed by atoms with van der Waals surface area (Å²) in [5.74, 6) is 0.924. The number of ether oxygens (including phenoxy) is 1. The van der Waals surface area contributed by atoms with Gasteiger partial charge in [-0.15, -0.1) is 0 Å². The van der Waals surface area contributed by atoms with Crippen LogP contribution < -0.4 is 10.1 Å². The van der Waals surface area contributed by atoms with Gasteiger partial charge >= 0.3 is 0 Å². The van der Waals surface area contributed by atoms with Crippen molar-refractivity contribution < 1.29 is 14.9 Å². The first-order valence-electron chi connectivity index (χ1n) is 6.21. The van der Waals surface area contributed by atoms with Crippen molar-refractivity contribution in [3.63, 3.8) is 0 Å². The zero-order valence-corrected chi connectivity index (χ0v) is 11.4. The molecule has 1 unspecified atom stereocenters. The number of rotatable bonds is 7. The summed E-state index contributed by atoms with van der Waals surface area (Å²) in [6.45, 7) is 4.84. The number of methoxy groups -OCH3 is 1. The second-order valence-corrected chi connectivity index (χ2v) is 4.54. The molecule has 0 saturated heterocycles. The summed E-state index contributed by atoms with van der Waals surface area (Å²) < 4.78 is 5.32. The first-order valence-corrected chi connectivity index (χ1v) is 6.21. The molecule has 102 valence electrons. The van der Waals surface area contributed by atoms with E-state index in [1.54, 1.807) is 7.11 Å². The van der Waals surface area contributed by atoms with Crippen LogP contribution in [0.4, 0.5) is 0 Å². The molecule has 1 rings (SSSR count). The molecule has 0 spiro atoms. The summed E-state index contributed by atoms with van der Waals surface area (Å²) in [4.78, 5) is 0. The lowest BCUT2D eigenvalue weighted by atomic mass is 10.1. The zero-order chi connectivity index (χ0) is 13.5. The van der Waals surface area contributed by atoms with Crippen molar-refractivity contribution in [3.05, 3.63) is 28.8 Å². The number of aryl methyl sites for hydroxylation is 2. The SMILES string of the molecule is COc1c(C)cc(CNC(CO)CCO)cc1C. The minimum absolute atomic E-state index is 0.0364. The van der Waals surface area contributed by atoms with E-state index in [4.69, 9.17) is 14.9 Å².